The molecule has 1 heterocycles. The Morgan fingerprint density at radius 3 is 2.48 bits per heavy atom. The zero-order valence-electron chi connectivity index (χ0n) is 13.3. The number of ether oxygens (including phenoxy) is 1. The van der Waals surface area contributed by atoms with Crippen molar-refractivity contribution in [2.75, 3.05) is 12.8 Å². The molecule has 0 fully saturated rings. The molecule has 0 aliphatic heterocycles. The fourth-order valence-electron chi connectivity index (χ4n) is 2.65. The molecule has 0 saturated carbocycles. The van der Waals surface area contributed by atoms with Crippen LogP contribution in [0.15, 0.2) is 59.1 Å². The number of hydrogen-bond donors (Lipinski definition) is 1. The zero-order valence-corrected chi connectivity index (χ0v) is 13.3. The van der Waals surface area contributed by atoms with Crippen molar-refractivity contribution in [3.63, 3.8) is 0 Å². The van der Waals surface area contributed by atoms with Crippen molar-refractivity contribution in [2.45, 2.75) is 19.4 Å². The highest BCUT2D eigenvalue weighted by Crippen LogP contribution is 2.25. The third kappa shape index (κ3) is 3.18. The third-order valence-electron chi connectivity index (χ3n) is 3.84. The predicted octanol–water partition coefficient (Wildman–Crippen LogP) is 3.02. The van der Waals surface area contributed by atoms with Gasteiger partial charge in [-0.15, -0.1) is 0 Å². The van der Waals surface area contributed by atoms with Crippen molar-refractivity contribution in [3.8, 4) is 17.0 Å². The van der Waals surface area contributed by atoms with Crippen LogP contribution in [-0.2, 0) is 6.42 Å². The summed E-state index contributed by atoms with van der Waals surface area (Å²) in [5, 5.41) is 4.12. The molecular weight excluding hydrogens is 290 g/mol. The highest BCUT2D eigenvalue weighted by molar-refractivity contribution is 5.65. The topological polar surface area (TPSA) is 65.2 Å². The van der Waals surface area contributed by atoms with Crippen molar-refractivity contribution in [3.05, 3.63) is 60.2 Å². The Hall–Kier alpha value is -2.82. The van der Waals surface area contributed by atoms with Gasteiger partial charge in [0.15, 0.2) is 6.04 Å². The molecule has 0 aliphatic rings. The molecule has 1 atom stereocenters. The Labute approximate surface area is 135 Å². The lowest BCUT2D eigenvalue weighted by Crippen LogP contribution is -2.42. The van der Waals surface area contributed by atoms with E-state index in [0.717, 1.165) is 23.4 Å². The van der Waals surface area contributed by atoms with Crippen LogP contribution in [-0.4, -0.2) is 12.4 Å². The van der Waals surface area contributed by atoms with Gasteiger partial charge in [0.05, 0.1) is 12.7 Å². The molecule has 5 nitrogen and oxygen atoms in total. The van der Waals surface area contributed by atoms with E-state index in [-0.39, 0.29) is 6.04 Å². The van der Waals surface area contributed by atoms with Gasteiger partial charge in [0, 0.05) is 13.3 Å². The summed E-state index contributed by atoms with van der Waals surface area (Å²) in [5.41, 5.74) is 8.98. The Balaban J connectivity index is 1.91. The number of nitrogen functional groups attached to an aromatic ring is 1. The Bertz CT molecular complexity index is 767. The van der Waals surface area contributed by atoms with Gasteiger partial charge in [0.2, 0.25) is 5.27 Å². The van der Waals surface area contributed by atoms with Crippen LogP contribution >= 0.6 is 0 Å². The molecular formula is C18H20N3O2+. The molecule has 0 radical (unpaired) electrons. The second kappa shape index (κ2) is 6.52. The van der Waals surface area contributed by atoms with Crippen molar-refractivity contribution in [1.82, 2.24) is 5.27 Å². The van der Waals surface area contributed by atoms with E-state index >= 15 is 0 Å². The van der Waals surface area contributed by atoms with E-state index in [1.54, 1.807) is 7.11 Å². The normalized spacial score (nSPS) is 12.1. The minimum atomic E-state index is 0.121. The molecule has 1 unspecified atom stereocenters. The average Bonchev–Trinajstić information content (AvgIpc) is 2.97. The van der Waals surface area contributed by atoms with Gasteiger partial charge in [-0.3, -0.25) is 4.52 Å². The van der Waals surface area contributed by atoms with Crippen LogP contribution < -0.4 is 15.2 Å². The number of nitrogens with zero attached hydrogens (tertiary/aromatic N) is 2. The number of benzene rings is 2. The molecule has 0 aliphatic carbocycles. The third-order valence-corrected chi connectivity index (χ3v) is 3.84. The van der Waals surface area contributed by atoms with Gasteiger partial charge in [-0.2, -0.15) is 0 Å². The lowest BCUT2D eigenvalue weighted by Gasteiger charge is -2.05. The Kier molecular flexibility index (Phi) is 4.28. The Morgan fingerprint density at radius 1 is 1.13 bits per heavy atom. The van der Waals surface area contributed by atoms with E-state index in [4.69, 9.17) is 15.0 Å². The summed E-state index contributed by atoms with van der Waals surface area (Å²) in [6, 6.07) is 18.1. The van der Waals surface area contributed by atoms with Gasteiger partial charge in [-0.05, 0) is 34.5 Å². The maximum Gasteiger partial charge on any atom is 0.304 e. The van der Waals surface area contributed by atoms with Gasteiger partial charge >= 0.3 is 11.6 Å². The summed E-state index contributed by atoms with van der Waals surface area (Å²) in [5.74, 6) is 1.11. The maximum atomic E-state index is 5.99. The van der Waals surface area contributed by atoms with Crippen molar-refractivity contribution < 1.29 is 13.9 Å². The van der Waals surface area contributed by atoms with Crippen LogP contribution in [0.25, 0.3) is 11.3 Å². The molecule has 3 rings (SSSR count). The molecule has 0 spiro atoms. The highest BCUT2D eigenvalue weighted by atomic mass is 16.5. The number of anilines is 1. The summed E-state index contributed by atoms with van der Waals surface area (Å²) < 4.78 is 12.3. The van der Waals surface area contributed by atoms with Crippen LogP contribution in [0.1, 0.15) is 18.5 Å². The molecule has 0 saturated heterocycles. The number of hydrogen-bond acceptors (Lipinski definition) is 4. The van der Waals surface area contributed by atoms with E-state index in [2.05, 4.69) is 24.3 Å². The quantitative estimate of drug-likeness (QED) is 0.736. The zero-order chi connectivity index (χ0) is 16.2. The van der Waals surface area contributed by atoms with Crippen molar-refractivity contribution >= 4 is 5.88 Å². The lowest BCUT2D eigenvalue weighted by molar-refractivity contribution is -0.772. The van der Waals surface area contributed by atoms with E-state index in [1.807, 2.05) is 47.1 Å². The minimum absolute atomic E-state index is 0.121. The summed E-state index contributed by atoms with van der Waals surface area (Å²) in [6.07, 6.45) is 0.848. The lowest BCUT2D eigenvalue weighted by atomic mass is 10.1. The molecule has 2 N–H and O–H groups in total. The molecule has 118 valence electrons. The van der Waals surface area contributed by atoms with E-state index < -0.39 is 0 Å². The Morgan fingerprint density at radius 2 is 1.83 bits per heavy atom. The molecule has 0 bridgehead atoms. The van der Waals surface area contributed by atoms with E-state index in [9.17, 15) is 0 Å². The molecule has 23 heavy (non-hydrogen) atoms. The maximum absolute atomic E-state index is 5.99. The first-order valence-electron chi connectivity index (χ1n) is 7.54. The van der Waals surface area contributed by atoms with Crippen LogP contribution in [0, 0.1) is 0 Å². The first-order chi connectivity index (χ1) is 11.2. The van der Waals surface area contributed by atoms with Crippen LogP contribution in [0.5, 0.6) is 5.75 Å². The molecule has 1 aromatic heterocycles. The van der Waals surface area contributed by atoms with Crippen LogP contribution in [0.3, 0.4) is 0 Å². The minimum Gasteiger partial charge on any atom is -0.497 e. The standard InChI is InChI=1S/C18H20N3O2/c1-13(12-14-6-4-3-5-7-14)21-17(18(19)23-20-21)15-8-10-16(22-2)11-9-15/h3-11,13H,12,19H2,1-2H3/q+1. The molecule has 5 heteroatoms. The number of nitrogens with two attached hydrogens (primary N) is 1. The fourth-order valence-corrected chi connectivity index (χ4v) is 2.65. The predicted molar refractivity (Wildman–Crippen MR) is 88.0 cm³/mol. The fraction of sp³-hybridized carbons (Fsp3) is 0.222. The van der Waals surface area contributed by atoms with Gasteiger partial charge in [0.1, 0.15) is 5.75 Å². The first kappa shape index (κ1) is 15.1. The molecule has 3 aromatic rings. The number of aromatic nitrogens is 2. The first-order valence-corrected chi connectivity index (χ1v) is 7.54. The summed E-state index contributed by atoms with van der Waals surface area (Å²) in [7, 11) is 1.64. The van der Waals surface area contributed by atoms with Gasteiger partial charge in [-0.25, -0.2) is 0 Å². The SMILES string of the molecule is COc1ccc(-c2c(N)on[n+]2C(C)Cc2ccccc2)cc1. The van der Waals surface area contributed by atoms with Gasteiger partial charge < -0.3 is 10.5 Å². The highest BCUT2D eigenvalue weighted by Gasteiger charge is 2.29. The van der Waals surface area contributed by atoms with E-state index in [0.29, 0.717) is 5.88 Å². The number of rotatable bonds is 5. The monoisotopic (exact) mass is 310 g/mol. The number of methoxy groups -OCH3 is 1. The smallest absolute Gasteiger partial charge is 0.304 e. The van der Waals surface area contributed by atoms with Gasteiger partial charge in [-0.1, -0.05) is 30.3 Å². The van der Waals surface area contributed by atoms with E-state index in [1.165, 1.54) is 5.56 Å². The van der Waals surface area contributed by atoms with Crippen LogP contribution in [0.4, 0.5) is 5.88 Å². The summed E-state index contributed by atoms with van der Waals surface area (Å²) >= 11 is 0. The summed E-state index contributed by atoms with van der Waals surface area (Å²) in [4.78, 5) is 0. The van der Waals surface area contributed by atoms with Crippen molar-refractivity contribution in [1.29, 1.82) is 0 Å². The molecule has 2 aromatic carbocycles. The molecule has 0 amide bonds. The average molecular weight is 310 g/mol. The second-order valence-electron chi connectivity index (χ2n) is 5.50. The van der Waals surface area contributed by atoms with Gasteiger partial charge in [0.25, 0.3) is 0 Å². The second-order valence-corrected chi connectivity index (χ2v) is 5.50. The summed E-state index contributed by atoms with van der Waals surface area (Å²) in [6.45, 7) is 2.10. The largest absolute Gasteiger partial charge is 0.497 e. The van der Waals surface area contributed by atoms with Crippen LogP contribution in [0.2, 0.25) is 0 Å². The van der Waals surface area contributed by atoms with Crippen molar-refractivity contribution in [2.24, 2.45) is 0 Å².